The van der Waals surface area contributed by atoms with Crippen molar-refractivity contribution in [1.29, 1.82) is 0 Å². The molecule has 25 heavy (non-hydrogen) atoms. The fourth-order valence-electron chi connectivity index (χ4n) is 3.03. The van der Waals surface area contributed by atoms with E-state index in [1.165, 1.54) is 29.7 Å². The highest BCUT2D eigenvalue weighted by Crippen LogP contribution is 2.34. The van der Waals surface area contributed by atoms with E-state index in [0.717, 1.165) is 29.5 Å². The number of nitrogens with one attached hydrogen (secondary N) is 1. The van der Waals surface area contributed by atoms with Crippen LogP contribution in [0.4, 0.5) is 5.69 Å². The van der Waals surface area contributed by atoms with Crippen LogP contribution in [0.3, 0.4) is 0 Å². The van der Waals surface area contributed by atoms with Crippen molar-refractivity contribution in [2.45, 2.75) is 37.5 Å². The summed E-state index contributed by atoms with van der Waals surface area (Å²) in [6.45, 7) is 2.28. The lowest BCUT2D eigenvalue weighted by Gasteiger charge is -2.13. The molecule has 3 rings (SSSR count). The predicted molar refractivity (Wildman–Crippen MR) is 109 cm³/mol. The third-order valence-corrected chi connectivity index (χ3v) is 5.48. The molecule has 0 fully saturated rings. The predicted octanol–water partition coefficient (Wildman–Crippen LogP) is 6.53. The summed E-state index contributed by atoms with van der Waals surface area (Å²) in [7, 11) is 1.96. The van der Waals surface area contributed by atoms with Crippen LogP contribution < -0.4 is 10.1 Å². The first-order chi connectivity index (χ1) is 12.2. The third-order valence-electron chi connectivity index (χ3n) is 4.74. The van der Waals surface area contributed by atoms with Crippen LogP contribution in [0.2, 0.25) is 0 Å². The van der Waals surface area contributed by atoms with Gasteiger partial charge in [0.25, 0.3) is 0 Å². The lowest BCUT2D eigenvalue weighted by atomic mass is 10.0. The molecular formula is C22H27NOS. The van der Waals surface area contributed by atoms with Crippen LogP contribution in [0.25, 0.3) is 0 Å². The summed E-state index contributed by atoms with van der Waals surface area (Å²) in [5.74, 6) is 2.62. The van der Waals surface area contributed by atoms with Gasteiger partial charge in [0.2, 0.25) is 0 Å². The second-order valence-corrected chi connectivity index (χ2v) is 7.47. The van der Waals surface area contributed by atoms with Crippen LogP contribution in [0, 0.1) is 5.92 Å². The van der Waals surface area contributed by atoms with E-state index in [-0.39, 0.29) is 0 Å². The first-order valence-corrected chi connectivity index (χ1v) is 10.2. The van der Waals surface area contributed by atoms with Gasteiger partial charge in [-0.15, -0.1) is 11.8 Å². The Morgan fingerprint density at radius 3 is 2.40 bits per heavy atom. The second-order valence-electron chi connectivity index (χ2n) is 6.59. The molecule has 2 aromatic carbocycles. The van der Waals surface area contributed by atoms with Crippen LogP contribution in [-0.4, -0.2) is 13.3 Å². The summed E-state index contributed by atoms with van der Waals surface area (Å²) in [6, 6.07) is 14.7. The van der Waals surface area contributed by atoms with E-state index < -0.39 is 0 Å². The summed E-state index contributed by atoms with van der Waals surface area (Å²) in [6.07, 6.45) is 9.20. The van der Waals surface area contributed by atoms with Gasteiger partial charge in [-0.05, 0) is 85.9 Å². The minimum Gasteiger partial charge on any atom is -0.457 e. The van der Waals surface area contributed by atoms with Gasteiger partial charge in [0.05, 0.1) is 0 Å². The first kappa shape index (κ1) is 17.9. The van der Waals surface area contributed by atoms with Gasteiger partial charge in [-0.2, -0.15) is 0 Å². The van der Waals surface area contributed by atoms with Crippen LogP contribution in [0.1, 0.15) is 31.7 Å². The van der Waals surface area contributed by atoms with E-state index in [2.05, 4.69) is 54.9 Å². The molecule has 0 aliphatic heterocycles. The Kier molecular flexibility index (Phi) is 6.09. The number of thioether (sulfide) groups is 1. The lowest BCUT2D eigenvalue weighted by Crippen LogP contribution is -1.96. The molecule has 132 valence electrons. The zero-order chi connectivity index (χ0) is 17.6. The Labute approximate surface area is 155 Å². The van der Waals surface area contributed by atoms with Gasteiger partial charge in [0, 0.05) is 17.6 Å². The highest BCUT2D eigenvalue weighted by atomic mass is 32.2. The van der Waals surface area contributed by atoms with Gasteiger partial charge in [-0.25, -0.2) is 0 Å². The van der Waals surface area contributed by atoms with E-state index in [1.807, 2.05) is 19.2 Å². The van der Waals surface area contributed by atoms with Crippen molar-refractivity contribution in [2.24, 2.45) is 5.92 Å². The lowest BCUT2D eigenvalue weighted by molar-refractivity contribution is 0.474. The standard InChI is InChI=1S/C22H27NOS/c1-16-14-17(16)6-4-5-7-18-15-19(23-2)8-13-22(18)24-20-9-11-21(25-3)12-10-20/h8-16,23H,4-7H2,1-3H3. The number of benzene rings is 2. The second kappa shape index (κ2) is 8.48. The minimum absolute atomic E-state index is 0.760. The van der Waals surface area contributed by atoms with Gasteiger partial charge >= 0.3 is 0 Å². The van der Waals surface area contributed by atoms with E-state index in [0.29, 0.717) is 0 Å². The molecule has 1 N–H and O–H groups in total. The zero-order valence-corrected chi connectivity index (χ0v) is 16.2. The topological polar surface area (TPSA) is 21.3 Å². The molecule has 0 aromatic heterocycles. The molecule has 0 heterocycles. The number of rotatable bonds is 9. The zero-order valence-electron chi connectivity index (χ0n) is 15.3. The molecule has 1 unspecified atom stereocenters. The molecule has 1 atom stereocenters. The number of aryl methyl sites for hydroxylation is 1. The molecule has 1 aliphatic carbocycles. The van der Waals surface area contributed by atoms with Crippen molar-refractivity contribution in [3.63, 3.8) is 0 Å². The molecule has 1 aliphatic rings. The van der Waals surface area contributed by atoms with Crippen molar-refractivity contribution in [2.75, 3.05) is 18.6 Å². The van der Waals surface area contributed by atoms with Gasteiger partial charge in [0.15, 0.2) is 0 Å². The molecule has 3 heteroatoms. The van der Waals surface area contributed by atoms with Crippen molar-refractivity contribution >= 4 is 17.4 Å². The Balaban J connectivity index is 1.65. The summed E-state index contributed by atoms with van der Waals surface area (Å²) >= 11 is 1.74. The van der Waals surface area contributed by atoms with Gasteiger partial charge in [-0.1, -0.05) is 18.6 Å². The molecule has 0 bridgehead atoms. The smallest absolute Gasteiger partial charge is 0.130 e. The normalized spacial score (nSPS) is 15.6. The van der Waals surface area contributed by atoms with Crippen LogP contribution >= 0.6 is 11.8 Å². The Morgan fingerprint density at radius 1 is 1.04 bits per heavy atom. The first-order valence-electron chi connectivity index (χ1n) is 9.03. The number of hydrogen-bond donors (Lipinski definition) is 1. The monoisotopic (exact) mass is 353 g/mol. The van der Waals surface area contributed by atoms with Crippen molar-refractivity contribution in [1.82, 2.24) is 0 Å². The number of allylic oxidation sites excluding steroid dienone is 2. The Bertz CT molecular complexity index is 736. The van der Waals surface area contributed by atoms with E-state index in [9.17, 15) is 0 Å². The SMILES string of the molecule is CNc1ccc(Oc2ccc(SC)cc2)c(CCCCC2=CC2C)c1. The molecule has 0 radical (unpaired) electrons. The minimum atomic E-state index is 0.760. The highest BCUT2D eigenvalue weighted by molar-refractivity contribution is 7.98. The number of unbranched alkanes of at least 4 members (excludes halogenated alkanes) is 1. The molecule has 0 amide bonds. The fraction of sp³-hybridized carbons (Fsp3) is 0.364. The van der Waals surface area contributed by atoms with Crippen LogP contribution in [0.15, 0.2) is 59.0 Å². The molecular weight excluding hydrogens is 326 g/mol. The van der Waals surface area contributed by atoms with Crippen LogP contribution in [-0.2, 0) is 6.42 Å². The van der Waals surface area contributed by atoms with Crippen LogP contribution in [0.5, 0.6) is 11.5 Å². The fourth-order valence-corrected chi connectivity index (χ4v) is 3.44. The molecule has 2 aromatic rings. The third kappa shape index (κ3) is 5.05. The average molecular weight is 354 g/mol. The maximum absolute atomic E-state index is 6.17. The van der Waals surface area contributed by atoms with Gasteiger partial charge in [-0.3, -0.25) is 0 Å². The van der Waals surface area contributed by atoms with Crippen molar-refractivity contribution in [3.05, 3.63) is 59.7 Å². The summed E-state index contributed by atoms with van der Waals surface area (Å²) in [4.78, 5) is 1.25. The maximum Gasteiger partial charge on any atom is 0.130 e. The number of anilines is 1. The largest absolute Gasteiger partial charge is 0.457 e. The molecule has 0 saturated carbocycles. The van der Waals surface area contributed by atoms with E-state index in [4.69, 9.17) is 4.74 Å². The van der Waals surface area contributed by atoms with E-state index in [1.54, 1.807) is 17.3 Å². The summed E-state index contributed by atoms with van der Waals surface area (Å²) in [5, 5.41) is 3.23. The van der Waals surface area contributed by atoms with Crippen molar-refractivity contribution in [3.8, 4) is 11.5 Å². The maximum atomic E-state index is 6.17. The van der Waals surface area contributed by atoms with Crippen molar-refractivity contribution < 1.29 is 4.74 Å². The highest BCUT2D eigenvalue weighted by Gasteiger charge is 2.17. The number of ether oxygens (including phenoxy) is 1. The molecule has 0 spiro atoms. The summed E-state index contributed by atoms with van der Waals surface area (Å²) < 4.78 is 6.17. The van der Waals surface area contributed by atoms with Gasteiger partial charge in [0.1, 0.15) is 11.5 Å². The average Bonchev–Trinajstić information content (AvgIpc) is 3.35. The van der Waals surface area contributed by atoms with Gasteiger partial charge < -0.3 is 10.1 Å². The van der Waals surface area contributed by atoms with E-state index >= 15 is 0 Å². The molecule has 2 nitrogen and oxygen atoms in total. The molecule has 0 saturated heterocycles. The Morgan fingerprint density at radius 2 is 1.76 bits per heavy atom. The Hall–Kier alpha value is -1.87. The number of hydrogen-bond acceptors (Lipinski definition) is 3. The quantitative estimate of drug-likeness (QED) is 0.314. The summed E-state index contributed by atoms with van der Waals surface area (Å²) in [5.41, 5.74) is 4.05.